The van der Waals surface area contributed by atoms with Gasteiger partial charge in [-0.1, -0.05) is 25.7 Å². The number of carbonyl (C=O) groups excluding carboxylic acids is 2. The second-order valence-electron chi connectivity index (χ2n) is 8.32. The van der Waals surface area contributed by atoms with Crippen molar-refractivity contribution in [3.8, 4) is 0 Å². The molecule has 6 nitrogen and oxygen atoms in total. The van der Waals surface area contributed by atoms with Crippen LogP contribution in [0.4, 0.5) is 0 Å². The van der Waals surface area contributed by atoms with Crippen molar-refractivity contribution < 1.29 is 29.2 Å². The Hall–Kier alpha value is -1.50. The minimum absolute atomic E-state index is 0.0572. The fourth-order valence-electron chi connectivity index (χ4n) is 4.01. The Kier molecular flexibility index (Phi) is 5.12. The molecule has 0 aromatic heterocycles. The average molecular weight is 364 g/mol. The summed E-state index contributed by atoms with van der Waals surface area (Å²) in [4.78, 5) is 29.5. The van der Waals surface area contributed by atoms with E-state index in [2.05, 4.69) is 11.5 Å². The number of ketones is 1. The third kappa shape index (κ3) is 3.63. The molecule has 2 fully saturated rings. The summed E-state index contributed by atoms with van der Waals surface area (Å²) in [7, 11) is 0. The van der Waals surface area contributed by atoms with Crippen LogP contribution in [0.2, 0.25) is 0 Å². The summed E-state index contributed by atoms with van der Waals surface area (Å²) in [5.74, 6) is -1.11. The lowest BCUT2D eigenvalue weighted by Gasteiger charge is -2.24. The van der Waals surface area contributed by atoms with Crippen LogP contribution in [0.1, 0.15) is 52.9 Å². The molecule has 2 aliphatic heterocycles. The maximum Gasteiger partial charge on any atom is 0.334 e. The van der Waals surface area contributed by atoms with Gasteiger partial charge in [-0.25, -0.2) is 9.68 Å². The summed E-state index contributed by atoms with van der Waals surface area (Å²) < 4.78 is 11.2. The summed E-state index contributed by atoms with van der Waals surface area (Å²) in [5.41, 5.74) is -0.760. The first-order valence-electron chi connectivity index (χ1n) is 9.31. The largest absolute Gasteiger partial charge is 0.450 e. The van der Waals surface area contributed by atoms with Gasteiger partial charge in [0, 0.05) is 17.4 Å². The van der Waals surface area contributed by atoms with Gasteiger partial charge in [0.25, 0.3) is 0 Å². The first-order chi connectivity index (χ1) is 12.2. The van der Waals surface area contributed by atoms with Crippen LogP contribution in [0, 0.1) is 11.8 Å². The van der Waals surface area contributed by atoms with Crippen LogP contribution in [-0.2, 0) is 24.0 Å². The summed E-state index contributed by atoms with van der Waals surface area (Å²) in [6.07, 6.45) is 6.15. The van der Waals surface area contributed by atoms with Crippen LogP contribution in [-0.4, -0.2) is 40.4 Å². The molecule has 3 rings (SSSR count). The predicted octanol–water partition coefficient (Wildman–Crippen LogP) is 3.22. The number of carbonyl (C=O) groups is 2. The topological polar surface area (TPSA) is 85.4 Å². The first-order valence-corrected chi connectivity index (χ1v) is 9.31. The Morgan fingerprint density at radius 1 is 1.35 bits per heavy atom. The highest BCUT2D eigenvalue weighted by Crippen LogP contribution is 2.47. The number of esters is 1. The van der Waals surface area contributed by atoms with Crippen molar-refractivity contribution in [2.45, 2.75) is 76.3 Å². The monoisotopic (exact) mass is 364 g/mol. The molecule has 1 N–H and O–H groups in total. The van der Waals surface area contributed by atoms with Crippen LogP contribution in [0.5, 0.6) is 0 Å². The Bertz CT molecular complexity index is 640. The van der Waals surface area contributed by atoms with E-state index in [0.29, 0.717) is 37.7 Å². The number of rotatable bonds is 1. The quantitative estimate of drug-likeness (QED) is 0.192. The second-order valence-corrected chi connectivity index (χ2v) is 8.32. The van der Waals surface area contributed by atoms with Crippen molar-refractivity contribution in [2.24, 2.45) is 11.8 Å². The number of ether oxygens (including phenoxy) is 2. The van der Waals surface area contributed by atoms with E-state index in [0.717, 1.165) is 0 Å². The minimum atomic E-state index is -0.787. The molecule has 0 bridgehead atoms. The number of Topliss-reactive ketones (excluding diaryl/α,β-unsaturated/α-hetero) is 1. The zero-order valence-electron chi connectivity index (χ0n) is 15.7. The molecule has 6 heteroatoms. The van der Waals surface area contributed by atoms with Crippen LogP contribution < -0.4 is 0 Å². The predicted molar refractivity (Wildman–Crippen MR) is 94.3 cm³/mol. The van der Waals surface area contributed by atoms with E-state index in [-0.39, 0.29) is 29.3 Å². The molecule has 0 radical (unpaired) electrons. The zero-order chi connectivity index (χ0) is 19.1. The van der Waals surface area contributed by atoms with Gasteiger partial charge < -0.3 is 9.47 Å². The van der Waals surface area contributed by atoms with E-state index >= 15 is 0 Å². The molecule has 6 atom stereocenters. The van der Waals surface area contributed by atoms with Gasteiger partial charge in [-0.3, -0.25) is 10.1 Å². The first kappa shape index (κ1) is 19.3. The highest BCUT2D eigenvalue weighted by molar-refractivity contribution is 5.98. The highest BCUT2D eigenvalue weighted by Gasteiger charge is 2.55. The normalized spacial score (nSPS) is 45.3. The molecule has 0 spiro atoms. The molecule has 0 aromatic rings. The van der Waals surface area contributed by atoms with Crippen LogP contribution in [0.3, 0.4) is 0 Å². The summed E-state index contributed by atoms with van der Waals surface area (Å²) >= 11 is 0. The fourth-order valence-corrected chi connectivity index (χ4v) is 4.01. The van der Waals surface area contributed by atoms with E-state index in [1.807, 2.05) is 32.9 Å². The number of hydrogen-bond acceptors (Lipinski definition) is 6. The lowest BCUT2D eigenvalue weighted by Crippen LogP contribution is -2.33. The van der Waals surface area contributed by atoms with Gasteiger partial charge in [-0.05, 0) is 46.0 Å². The van der Waals surface area contributed by atoms with Gasteiger partial charge in [0.05, 0.1) is 11.7 Å². The van der Waals surface area contributed by atoms with Crippen molar-refractivity contribution in [1.82, 2.24) is 0 Å². The molecule has 144 valence electrons. The Morgan fingerprint density at radius 3 is 2.77 bits per heavy atom. The molecule has 0 amide bonds. The SMILES string of the molecule is C=C1C(=O)O[C@H]2C(=O)[C@H](C)CCC[C@](C)(OO)/C=C\C[C@@]3(C)O[C@@H]3C[C@@H]12. The number of epoxide rings is 1. The standard InChI is InChI=1S/C20H28O6/c1-12-7-5-8-19(3,26-23)9-6-10-20(4)15(25-20)11-14-13(2)18(22)24-17(14)16(12)21/h6,9,12,14-15,17,23H,2,5,7-8,10-11H2,1,3-4H3/b9-6-/t12-,14+,15-,17-,19+,20-/m1/s1. The van der Waals surface area contributed by atoms with Crippen molar-refractivity contribution in [1.29, 1.82) is 0 Å². The average Bonchev–Trinajstić information content (AvgIpc) is 3.15. The van der Waals surface area contributed by atoms with E-state index in [1.165, 1.54) is 0 Å². The fraction of sp³-hybridized carbons (Fsp3) is 0.700. The van der Waals surface area contributed by atoms with Crippen molar-refractivity contribution in [2.75, 3.05) is 0 Å². The molecule has 2 heterocycles. The summed E-state index contributed by atoms with van der Waals surface area (Å²) in [6, 6.07) is 0. The smallest absolute Gasteiger partial charge is 0.334 e. The molecular formula is C20H28O6. The molecule has 0 aromatic carbocycles. The minimum Gasteiger partial charge on any atom is -0.450 e. The summed E-state index contributed by atoms with van der Waals surface area (Å²) in [5, 5.41) is 9.28. The zero-order valence-corrected chi connectivity index (χ0v) is 15.7. The van der Waals surface area contributed by atoms with Crippen LogP contribution >= 0.6 is 0 Å². The van der Waals surface area contributed by atoms with Gasteiger partial charge in [0.15, 0.2) is 11.9 Å². The van der Waals surface area contributed by atoms with Gasteiger partial charge >= 0.3 is 5.97 Å². The molecular weight excluding hydrogens is 336 g/mol. The maximum absolute atomic E-state index is 12.9. The third-order valence-electron chi connectivity index (χ3n) is 6.09. The number of hydrogen-bond donors (Lipinski definition) is 1. The Balaban J connectivity index is 1.84. The lowest BCUT2D eigenvalue weighted by atomic mass is 9.82. The number of fused-ring (bicyclic) bond motifs is 2. The van der Waals surface area contributed by atoms with Crippen LogP contribution in [0.15, 0.2) is 24.3 Å². The maximum atomic E-state index is 12.9. The Morgan fingerprint density at radius 2 is 2.08 bits per heavy atom. The molecule has 0 saturated carbocycles. The van der Waals surface area contributed by atoms with Crippen LogP contribution in [0.25, 0.3) is 0 Å². The van der Waals surface area contributed by atoms with Gasteiger partial charge in [-0.2, -0.15) is 0 Å². The molecule has 3 aliphatic rings. The summed E-state index contributed by atoms with van der Waals surface area (Å²) in [6.45, 7) is 9.52. The van der Waals surface area contributed by atoms with E-state index in [9.17, 15) is 14.8 Å². The molecule has 26 heavy (non-hydrogen) atoms. The van der Waals surface area contributed by atoms with E-state index in [4.69, 9.17) is 9.47 Å². The van der Waals surface area contributed by atoms with Gasteiger partial charge in [0.1, 0.15) is 5.60 Å². The highest BCUT2D eigenvalue weighted by atomic mass is 17.1. The lowest BCUT2D eigenvalue weighted by molar-refractivity contribution is -0.304. The van der Waals surface area contributed by atoms with Crippen molar-refractivity contribution in [3.05, 3.63) is 24.3 Å². The van der Waals surface area contributed by atoms with Gasteiger partial charge in [-0.15, -0.1) is 0 Å². The third-order valence-corrected chi connectivity index (χ3v) is 6.09. The second kappa shape index (κ2) is 6.91. The van der Waals surface area contributed by atoms with Crippen molar-refractivity contribution >= 4 is 11.8 Å². The van der Waals surface area contributed by atoms with E-state index in [1.54, 1.807) is 0 Å². The Labute approximate surface area is 154 Å². The van der Waals surface area contributed by atoms with Gasteiger partial charge in [0.2, 0.25) is 0 Å². The molecule has 0 unspecified atom stereocenters. The molecule has 1 aliphatic carbocycles. The van der Waals surface area contributed by atoms with Crippen molar-refractivity contribution in [3.63, 3.8) is 0 Å². The molecule has 2 saturated heterocycles. The van der Waals surface area contributed by atoms with E-state index < -0.39 is 17.7 Å².